The van der Waals surface area contributed by atoms with Gasteiger partial charge in [0, 0.05) is 0 Å². The number of benzene rings is 2. The van der Waals surface area contributed by atoms with Crippen molar-refractivity contribution in [1.29, 1.82) is 0 Å². The number of rotatable bonds is 3. The highest BCUT2D eigenvalue weighted by atomic mass is 32.1. The Hall–Kier alpha value is -2.86. The van der Waals surface area contributed by atoms with Crippen molar-refractivity contribution in [3.05, 3.63) is 71.0 Å². The molecule has 23 heavy (non-hydrogen) atoms. The van der Waals surface area contributed by atoms with Crippen molar-refractivity contribution >= 4 is 28.4 Å². The highest BCUT2D eigenvalue weighted by Crippen LogP contribution is 2.24. The van der Waals surface area contributed by atoms with E-state index in [1.165, 1.54) is 17.4 Å². The van der Waals surface area contributed by atoms with E-state index in [2.05, 4.69) is 15.3 Å². The van der Waals surface area contributed by atoms with Crippen molar-refractivity contribution in [2.24, 2.45) is 0 Å². The molecule has 2 aromatic heterocycles. The topological polar surface area (TPSA) is 43.1 Å². The Labute approximate surface area is 135 Å². The van der Waals surface area contributed by atoms with Gasteiger partial charge in [0.2, 0.25) is 4.96 Å². The van der Waals surface area contributed by atoms with E-state index in [0.717, 1.165) is 10.6 Å². The lowest BCUT2D eigenvalue weighted by atomic mass is 10.2. The molecule has 0 saturated heterocycles. The molecule has 4 nitrogen and oxygen atoms in total. The van der Waals surface area contributed by atoms with E-state index in [0.29, 0.717) is 16.3 Å². The van der Waals surface area contributed by atoms with Crippen LogP contribution >= 0.6 is 11.3 Å². The molecule has 0 aliphatic heterocycles. The number of halogens is 1. The molecule has 0 spiro atoms. The van der Waals surface area contributed by atoms with Gasteiger partial charge in [-0.2, -0.15) is 9.61 Å². The molecule has 0 radical (unpaired) electrons. The second kappa shape index (κ2) is 5.73. The van der Waals surface area contributed by atoms with Crippen LogP contribution in [0.1, 0.15) is 10.6 Å². The normalized spacial score (nSPS) is 11.5. The first-order valence-corrected chi connectivity index (χ1v) is 7.83. The first-order chi connectivity index (χ1) is 11.3. The largest absolute Gasteiger partial charge is 0.235 e. The van der Waals surface area contributed by atoms with E-state index in [-0.39, 0.29) is 5.82 Å². The molecule has 2 heterocycles. The maximum atomic E-state index is 13.9. The SMILES string of the molecule is Fc1ccccc1-c1nnc2sc(C=Cc3ccccc3)nn12. The van der Waals surface area contributed by atoms with Gasteiger partial charge in [0.15, 0.2) is 5.82 Å². The van der Waals surface area contributed by atoms with Gasteiger partial charge in [0.1, 0.15) is 10.8 Å². The molecule has 0 aliphatic rings. The fourth-order valence-electron chi connectivity index (χ4n) is 2.24. The molecule has 2 aromatic carbocycles. The Morgan fingerprint density at radius 3 is 2.52 bits per heavy atom. The van der Waals surface area contributed by atoms with Crippen molar-refractivity contribution in [2.75, 3.05) is 0 Å². The van der Waals surface area contributed by atoms with Gasteiger partial charge in [-0.05, 0) is 23.8 Å². The molecular weight excluding hydrogens is 311 g/mol. The summed E-state index contributed by atoms with van der Waals surface area (Å²) in [4.78, 5) is 0.635. The molecule has 0 unspecified atom stereocenters. The summed E-state index contributed by atoms with van der Waals surface area (Å²) in [5.74, 6) is 0.0740. The molecule has 112 valence electrons. The zero-order valence-corrected chi connectivity index (χ0v) is 12.7. The number of aromatic nitrogens is 4. The molecular formula is C17H11FN4S. The summed E-state index contributed by atoms with van der Waals surface area (Å²) in [7, 11) is 0. The van der Waals surface area contributed by atoms with Crippen LogP contribution < -0.4 is 0 Å². The summed E-state index contributed by atoms with van der Waals surface area (Å²) in [6, 6.07) is 16.4. The zero-order chi connectivity index (χ0) is 15.6. The van der Waals surface area contributed by atoms with Crippen molar-refractivity contribution < 1.29 is 4.39 Å². The van der Waals surface area contributed by atoms with Crippen LogP contribution in [0.3, 0.4) is 0 Å². The molecule has 0 fully saturated rings. The fraction of sp³-hybridized carbons (Fsp3) is 0. The monoisotopic (exact) mass is 322 g/mol. The molecule has 0 bridgehead atoms. The smallest absolute Gasteiger partial charge is 0.206 e. The minimum absolute atomic E-state index is 0.337. The quantitative estimate of drug-likeness (QED) is 0.569. The third kappa shape index (κ3) is 2.64. The van der Waals surface area contributed by atoms with E-state index < -0.39 is 0 Å². The van der Waals surface area contributed by atoms with E-state index in [4.69, 9.17) is 0 Å². The number of hydrogen-bond acceptors (Lipinski definition) is 4. The van der Waals surface area contributed by atoms with Crippen molar-refractivity contribution in [2.45, 2.75) is 0 Å². The van der Waals surface area contributed by atoms with Crippen molar-refractivity contribution in [1.82, 2.24) is 19.8 Å². The van der Waals surface area contributed by atoms with Crippen molar-refractivity contribution in [3.63, 3.8) is 0 Å². The molecule has 6 heteroatoms. The van der Waals surface area contributed by atoms with Crippen LogP contribution in [0.2, 0.25) is 0 Å². The summed E-state index contributed by atoms with van der Waals surface area (Å²) in [6.07, 6.45) is 3.90. The zero-order valence-electron chi connectivity index (χ0n) is 11.9. The minimum atomic E-state index is -0.337. The van der Waals surface area contributed by atoms with Gasteiger partial charge in [0.25, 0.3) is 0 Å². The van der Waals surface area contributed by atoms with Crippen LogP contribution in [0.5, 0.6) is 0 Å². The van der Waals surface area contributed by atoms with Gasteiger partial charge in [-0.25, -0.2) is 4.39 Å². The maximum Gasteiger partial charge on any atom is 0.235 e. The van der Waals surface area contributed by atoms with Gasteiger partial charge < -0.3 is 0 Å². The highest BCUT2D eigenvalue weighted by Gasteiger charge is 2.15. The van der Waals surface area contributed by atoms with Crippen LogP contribution in [0.15, 0.2) is 54.6 Å². The summed E-state index contributed by atoms with van der Waals surface area (Å²) in [5, 5.41) is 13.4. The second-order valence-electron chi connectivity index (χ2n) is 4.88. The Kier molecular flexibility index (Phi) is 3.44. The molecule has 0 aliphatic carbocycles. The number of nitrogens with zero attached hydrogens (tertiary/aromatic N) is 4. The Balaban J connectivity index is 1.73. The molecule has 0 atom stereocenters. The van der Waals surface area contributed by atoms with Gasteiger partial charge in [-0.15, -0.1) is 10.2 Å². The molecule has 0 amide bonds. The lowest BCUT2D eigenvalue weighted by Crippen LogP contribution is -1.93. The summed E-state index contributed by atoms with van der Waals surface area (Å²) in [5.41, 5.74) is 1.48. The Morgan fingerprint density at radius 1 is 0.913 bits per heavy atom. The molecule has 4 rings (SSSR count). The van der Waals surface area contributed by atoms with Crippen LogP contribution in [-0.4, -0.2) is 19.8 Å². The van der Waals surface area contributed by atoms with Gasteiger partial charge in [-0.1, -0.05) is 59.9 Å². The van der Waals surface area contributed by atoms with Gasteiger partial charge in [0.05, 0.1) is 5.56 Å². The third-order valence-corrected chi connectivity index (χ3v) is 4.20. The van der Waals surface area contributed by atoms with E-state index >= 15 is 0 Å². The lowest BCUT2D eigenvalue weighted by Gasteiger charge is -1.97. The van der Waals surface area contributed by atoms with Crippen LogP contribution in [-0.2, 0) is 0 Å². The lowest BCUT2D eigenvalue weighted by molar-refractivity contribution is 0.629. The Morgan fingerprint density at radius 2 is 1.70 bits per heavy atom. The standard InChI is InChI=1S/C17H11FN4S/c18-14-9-5-4-8-13(14)16-19-20-17-22(16)21-15(23-17)11-10-12-6-2-1-3-7-12/h1-11H. The summed E-state index contributed by atoms with van der Waals surface area (Å²) < 4.78 is 15.5. The van der Waals surface area contributed by atoms with E-state index in [1.807, 2.05) is 42.5 Å². The predicted octanol–water partition coefficient (Wildman–Crippen LogP) is 4.16. The fourth-order valence-corrected chi connectivity index (χ4v) is 2.98. The van der Waals surface area contributed by atoms with Gasteiger partial charge >= 0.3 is 0 Å². The Bertz CT molecular complexity index is 988. The second-order valence-corrected chi connectivity index (χ2v) is 5.87. The average Bonchev–Trinajstić information content (AvgIpc) is 3.15. The third-order valence-electron chi connectivity index (χ3n) is 3.34. The molecule has 0 saturated carbocycles. The predicted molar refractivity (Wildman–Crippen MR) is 89.4 cm³/mol. The van der Waals surface area contributed by atoms with Crippen LogP contribution in [0, 0.1) is 5.82 Å². The highest BCUT2D eigenvalue weighted by molar-refractivity contribution is 7.17. The van der Waals surface area contributed by atoms with E-state index in [1.54, 1.807) is 22.7 Å². The first kappa shape index (κ1) is 13.8. The first-order valence-electron chi connectivity index (χ1n) is 7.01. The van der Waals surface area contributed by atoms with Crippen LogP contribution in [0.25, 0.3) is 28.5 Å². The summed E-state index contributed by atoms with van der Waals surface area (Å²) >= 11 is 1.41. The van der Waals surface area contributed by atoms with E-state index in [9.17, 15) is 4.39 Å². The molecule has 4 aromatic rings. The maximum absolute atomic E-state index is 13.9. The molecule has 0 N–H and O–H groups in total. The van der Waals surface area contributed by atoms with Crippen LogP contribution in [0.4, 0.5) is 4.39 Å². The average molecular weight is 322 g/mol. The van der Waals surface area contributed by atoms with Gasteiger partial charge in [-0.3, -0.25) is 0 Å². The number of fused-ring (bicyclic) bond motifs is 1. The minimum Gasteiger partial charge on any atom is -0.206 e. The summed E-state index contributed by atoms with van der Waals surface area (Å²) in [6.45, 7) is 0. The van der Waals surface area contributed by atoms with Crippen molar-refractivity contribution in [3.8, 4) is 11.4 Å². The number of hydrogen-bond donors (Lipinski definition) is 0.